The van der Waals surface area contributed by atoms with Gasteiger partial charge < -0.3 is 15.2 Å². The number of hydrogen-bond donors (Lipinski definition) is 1. The number of aromatic nitrogens is 1. The van der Waals surface area contributed by atoms with Crippen LogP contribution in [-0.4, -0.2) is 19.2 Å². The molecule has 0 aliphatic rings. The molecule has 0 bridgehead atoms. The van der Waals surface area contributed by atoms with Gasteiger partial charge in [-0.2, -0.15) is 0 Å². The van der Waals surface area contributed by atoms with E-state index < -0.39 is 0 Å². The molecule has 2 rings (SSSR count). The van der Waals surface area contributed by atoms with E-state index in [4.69, 9.17) is 15.2 Å². The first kappa shape index (κ1) is 11.3. The maximum Gasteiger partial charge on any atom is 0.123 e. The molecule has 4 nitrogen and oxygen atoms in total. The highest BCUT2D eigenvalue weighted by molar-refractivity contribution is 5.66. The molecule has 0 aliphatic heterocycles. The SMILES string of the molecule is COc1cc(OC)cc(-c2cc(N)ccn2)c1. The predicted molar refractivity (Wildman–Crippen MR) is 67.2 cm³/mol. The van der Waals surface area contributed by atoms with E-state index in [2.05, 4.69) is 4.98 Å². The number of nitrogens with zero attached hydrogens (tertiary/aromatic N) is 1. The fraction of sp³-hybridized carbons (Fsp3) is 0.154. The molecule has 2 aromatic rings. The van der Waals surface area contributed by atoms with Crippen molar-refractivity contribution in [2.75, 3.05) is 20.0 Å². The second kappa shape index (κ2) is 4.74. The Morgan fingerprint density at radius 3 is 2.18 bits per heavy atom. The molecule has 2 N–H and O–H groups in total. The summed E-state index contributed by atoms with van der Waals surface area (Å²) >= 11 is 0. The number of rotatable bonds is 3. The monoisotopic (exact) mass is 230 g/mol. The van der Waals surface area contributed by atoms with Crippen LogP contribution in [-0.2, 0) is 0 Å². The topological polar surface area (TPSA) is 57.4 Å². The first-order valence-corrected chi connectivity index (χ1v) is 5.18. The first-order valence-electron chi connectivity index (χ1n) is 5.18. The minimum absolute atomic E-state index is 0.678. The lowest BCUT2D eigenvalue weighted by molar-refractivity contribution is 0.394. The summed E-state index contributed by atoms with van der Waals surface area (Å²) < 4.78 is 10.4. The van der Waals surface area contributed by atoms with Crippen LogP contribution in [0.2, 0.25) is 0 Å². The van der Waals surface area contributed by atoms with Crippen molar-refractivity contribution in [2.24, 2.45) is 0 Å². The molecule has 0 amide bonds. The van der Waals surface area contributed by atoms with Crippen LogP contribution in [0, 0.1) is 0 Å². The second-order valence-corrected chi connectivity index (χ2v) is 3.58. The fourth-order valence-corrected chi connectivity index (χ4v) is 1.56. The molecule has 88 valence electrons. The van der Waals surface area contributed by atoms with Gasteiger partial charge in [0.15, 0.2) is 0 Å². The van der Waals surface area contributed by atoms with Gasteiger partial charge in [0.25, 0.3) is 0 Å². The Morgan fingerprint density at radius 2 is 1.65 bits per heavy atom. The van der Waals surface area contributed by atoms with Crippen LogP contribution >= 0.6 is 0 Å². The summed E-state index contributed by atoms with van der Waals surface area (Å²) in [6, 6.07) is 9.17. The van der Waals surface area contributed by atoms with Crippen LogP contribution in [0.5, 0.6) is 11.5 Å². The summed E-state index contributed by atoms with van der Waals surface area (Å²) in [7, 11) is 3.23. The lowest BCUT2D eigenvalue weighted by Crippen LogP contribution is -1.91. The Morgan fingerprint density at radius 1 is 1.00 bits per heavy atom. The third kappa shape index (κ3) is 2.47. The zero-order valence-electron chi connectivity index (χ0n) is 9.81. The van der Waals surface area contributed by atoms with E-state index >= 15 is 0 Å². The third-order valence-electron chi connectivity index (χ3n) is 2.43. The van der Waals surface area contributed by atoms with Crippen molar-refractivity contribution in [3.05, 3.63) is 36.5 Å². The van der Waals surface area contributed by atoms with Crippen LogP contribution in [0.4, 0.5) is 5.69 Å². The number of pyridine rings is 1. The zero-order chi connectivity index (χ0) is 12.3. The van der Waals surface area contributed by atoms with Gasteiger partial charge in [-0.1, -0.05) is 0 Å². The smallest absolute Gasteiger partial charge is 0.123 e. The Kier molecular flexibility index (Phi) is 3.14. The van der Waals surface area contributed by atoms with E-state index in [1.54, 1.807) is 26.5 Å². The Labute approximate surface area is 100 Å². The molecule has 0 atom stereocenters. The van der Waals surface area contributed by atoms with E-state index in [9.17, 15) is 0 Å². The first-order chi connectivity index (χ1) is 8.22. The van der Waals surface area contributed by atoms with Gasteiger partial charge in [0.05, 0.1) is 19.9 Å². The van der Waals surface area contributed by atoms with E-state index in [1.807, 2.05) is 24.3 Å². The summed E-state index contributed by atoms with van der Waals surface area (Å²) in [4.78, 5) is 4.27. The van der Waals surface area contributed by atoms with Gasteiger partial charge in [-0.25, -0.2) is 0 Å². The highest BCUT2D eigenvalue weighted by Crippen LogP contribution is 2.29. The van der Waals surface area contributed by atoms with Crippen molar-refractivity contribution >= 4 is 5.69 Å². The molecular weight excluding hydrogens is 216 g/mol. The van der Waals surface area contributed by atoms with Crippen LogP contribution in [0.15, 0.2) is 36.5 Å². The fourth-order valence-electron chi connectivity index (χ4n) is 1.56. The third-order valence-corrected chi connectivity index (χ3v) is 2.43. The Balaban J connectivity index is 2.50. The number of benzene rings is 1. The van der Waals surface area contributed by atoms with Crippen molar-refractivity contribution < 1.29 is 9.47 Å². The number of methoxy groups -OCH3 is 2. The quantitative estimate of drug-likeness (QED) is 0.879. The minimum Gasteiger partial charge on any atom is -0.497 e. The van der Waals surface area contributed by atoms with Crippen molar-refractivity contribution in [1.82, 2.24) is 4.98 Å². The van der Waals surface area contributed by atoms with Crippen LogP contribution < -0.4 is 15.2 Å². The number of nitrogen functional groups attached to an aromatic ring is 1. The van der Waals surface area contributed by atoms with Crippen molar-refractivity contribution in [2.45, 2.75) is 0 Å². The lowest BCUT2D eigenvalue weighted by Gasteiger charge is -2.08. The molecule has 0 fully saturated rings. The number of ether oxygens (including phenoxy) is 2. The predicted octanol–water partition coefficient (Wildman–Crippen LogP) is 2.35. The van der Waals surface area contributed by atoms with Crippen molar-refractivity contribution in [3.8, 4) is 22.8 Å². The van der Waals surface area contributed by atoms with Gasteiger partial charge in [-0.15, -0.1) is 0 Å². The number of hydrogen-bond acceptors (Lipinski definition) is 4. The van der Waals surface area contributed by atoms with Crippen LogP contribution in [0.25, 0.3) is 11.3 Å². The average Bonchev–Trinajstić information content (AvgIpc) is 2.38. The van der Waals surface area contributed by atoms with Gasteiger partial charge in [-0.05, 0) is 24.3 Å². The summed E-state index contributed by atoms with van der Waals surface area (Å²) in [5.41, 5.74) is 8.12. The highest BCUT2D eigenvalue weighted by atomic mass is 16.5. The van der Waals surface area contributed by atoms with Crippen molar-refractivity contribution in [3.63, 3.8) is 0 Å². The maximum absolute atomic E-state index is 5.73. The minimum atomic E-state index is 0.678. The second-order valence-electron chi connectivity index (χ2n) is 3.58. The molecule has 0 saturated heterocycles. The van der Waals surface area contributed by atoms with E-state index in [1.165, 1.54) is 0 Å². The van der Waals surface area contributed by atoms with Crippen LogP contribution in [0.3, 0.4) is 0 Å². The largest absolute Gasteiger partial charge is 0.497 e. The van der Waals surface area contributed by atoms with E-state index in [0.29, 0.717) is 5.69 Å². The van der Waals surface area contributed by atoms with Gasteiger partial charge >= 0.3 is 0 Å². The molecule has 1 heterocycles. The average molecular weight is 230 g/mol. The van der Waals surface area contributed by atoms with E-state index in [0.717, 1.165) is 22.8 Å². The molecule has 0 radical (unpaired) electrons. The maximum atomic E-state index is 5.73. The van der Waals surface area contributed by atoms with Gasteiger partial charge in [-0.3, -0.25) is 4.98 Å². The molecule has 0 aliphatic carbocycles. The normalized spacial score (nSPS) is 10.0. The molecule has 0 unspecified atom stereocenters. The molecule has 1 aromatic carbocycles. The molecule has 4 heteroatoms. The Bertz CT molecular complexity index is 504. The summed E-state index contributed by atoms with van der Waals surface area (Å²) in [5.74, 6) is 1.45. The van der Waals surface area contributed by atoms with Gasteiger partial charge in [0.1, 0.15) is 11.5 Å². The molecule has 0 spiro atoms. The van der Waals surface area contributed by atoms with Crippen LogP contribution in [0.1, 0.15) is 0 Å². The lowest BCUT2D eigenvalue weighted by atomic mass is 10.1. The standard InChI is InChI=1S/C13H14N2O2/c1-16-11-5-9(6-12(8-11)17-2)13-7-10(14)3-4-15-13/h3-8H,1-2H3,(H2,14,15). The number of anilines is 1. The van der Waals surface area contributed by atoms with Crippen molar-refractivity contribution in [1.29, 1.82) is 0 Å². The zero-order valence-corrected chi connectivity index (χ0v) is 9.81. The molecule has 1 aromatic heterocycles. The molecule has 0 saturated carbocycles. The molecular formula is C13H14N2O2. The Hall–Kier alpha value is -2.23. The van der Waals surface area contributed by atoms with Gasteiger partial charge in [0.2, 0.25) is 0 Å². The summed E-state index contributed by atoms with van der Waals surface area (Å²) in [6.45, 7) is 0. The van der Waals surface area contributed by atoms with E-state index in [-0.39, 0.29) is 0 Å². The van der Waals surface area contributed by atoms with Gasteiger partial charge in [0, 0.05) is 23.5 Å². The summed E-state index contributed by atoms with van der Waals surface area (Å²) in [5, 5.41) is 0. The number of nitrogens with two attached hydrogens (primary N) is 1. The highest BCUT2D eigenvalue weighted by Gasteiger charge is 2.05. The summed E-state index contributed by atoms with van der Waals surface area (Å²) in [6.07, 6.45) is 1.68. The molecule has 17 heavy (non-hydrogen) atoms.